The highest BCUT2D eigenvalue weighted by Crippen LogP contribution is 2.27. The van der Waals surface area contributed by atoms with E-state index < -0.39 is 12.1 Å². The average Bonchev–Trinajstić information content (AvgIpc) is 3.10. The third-order valence-electron chi connectivity index (χ3n) is 3.10. The summed E-state index contributed by atoms with van der Waals surface area (Å²) >= 11 is 0. The van der Waals surface area contributed by atoms with Crippen LogP contribution in [-0.2, 0) is 4.79 Å². The Morgan fingerprint density at radius 2 is 2.06 bits per heavy atom. The number of Topliss-reactive ketones (excluding diaryl/α,β-unsaturated/α-hetero) is 1. The van der Waals surface area contributed by atoms with E-state index in [9.17, 15) is 9.59 Å². The maximum Gasteiger partial charge on any atom is 0.312 e. The lowest BCUT2D eigenvalue weighted by Crippen LogP contribution is -2.49. The molecular weight excluding hydrogens is 204 g/mol. The second-order valence-electron chi connectivity index (χ2n) is 4.34. The van der Waals surface area contributed by atoms with Crippen LogP contribution in [0, 0.1) is 11.8 Å². The molecule has 2 amide bonds. The first-order valence-corrected chi connectivity index (χ1v) is 5.61. The van der Waals surface area contributed by atoms with Crippen LogP contribution in [0.2, 0.25) is 0 Å². The van der Waals surface area contributed by atoms with Crippen LogP contribution < -0.4 is 11.1 Å². The van der Waals surface area contributed by atoms with Gasteiger partial charge in [-0.3, -0.25) is 4.79 Å². The van der Waals surface area contributed by atoms with Crippen molar-refractivity contribution in [3.8, 4) is 0 Å². The molecule has 0 aromatic carbocycles. The zero-order valence-corrected chi connectivity index (χ0v) is 9.06. The Balaban J connectivity index is 2.03. The highest BCUT2D eigenvalue weighted by atomic mass is 16.2. The molecule has 0 aromatic heterocycles. The molecule has 0 radical (unpaired) electrons. The molecule has 0 aromatic rings. The molecule has 4 nitrogen and oxygen atoms in total. The van der Waals surface area contributed by atoms with Crippen molar-refractivity contribution >= 4 is 11.8 Å². The van der Waals surface area contributed by atoms with Crippen LogP contribution in [0.3, 0.4) is 0 Å². The molecule has 3 N–H and O–H groups in total. The number of nitrogens with two attached hydrogens (primary N) is 1. The number of carbonyl (C=O) groups excluding carboxylic acids is 2. The molecule has 0 heterocycles. The Morgan fingerprint density at radius 1 is 1.31 bits per heavy atom. The van der Waals surface area contributed by atoms with E-state index in [-0.39, 0.29) is 17.6 Å². The summed E-state index contributed by atoms with van der Waals surface area (Å²) in [6.07, 6.45) is 10.6. The number of primary amides is 1. The van der Waals surface area contributed by atoms with E-state index in [1.165, 1.54) is 0 Å². The molecular formula is C12H16N2O2. The topological polar surface area (TPSA) is 72.2 Å². The van der Waals surface area contributed by atoms with Gasteiger partial charge < -0.3 is 11.1 Å². The van der Waals surface area contributed by atoms with Crippen LogP contribution in [0.4, 0.5) is 4.79 Å². The van der Waals surface area contributed by atoms with E-state index in [0.717, 1.165) is 19.3 Å². The Kier molecular flexibility index (Phi) is 3.08. The van der Waals surface area contributed by atoms with E-state index in [4.69, 9.17) is 5.73 Å². The number of rotatable bonds is 4. The highest BCUT2D eigenvalue weighted by molar-refractivity contribution is 5.95. The summed E-state index contributed by atoms with van der Waals surface area (Å²) in [6.45, 7) is 0. The average molecular weight is 220 g/mol. The summed E-state index contributed by atoms with van der Waals surface area (Å²) in [5.74, 6) is 0.175. The standard InChI is InChI=1S/C12H16N2O2/c13-12(16)14-10(11(15)9-6-7-9)8-4-2-1-3-5-8/h1-2,6-10H,3-5H2,(H3,13,14,16)/t8?,10-/m0/s1. The molecule has 0 aliphatic heterocycles. The quantitative estimate of drug-likeness (QED) is 0.697. The second kappa shape index (κ2) is 4.51. The van der Waals surface area contributed by atoms with Gasteiger partial charge in [-0.05, 0) is 25.2 Å². The third kappa shape index (κ3) is 2.51. The molecule has 1 unspecified atom stereocenters. The van der Waals surface area contributed by atoms with Crippen LogP contribution >= 0.6 is 0 Å². The molecule has 0 spiro atoms. The van der Waals surface area contributed by atoms with E-state index >= 15 is 0 Å². The highest BCUT2D eigenvalue weighted by Gasteiger charge is 2.34. The normalized spacial score (nSPS) is 25.1. The van der Waals surface area contributed by atoms with E-state index in [0.29, 0.717) is 0 Å². The van der Waals surface area contributed by atoms with Gasteiger partial charge >= 0.3 is 6.03 Å². The minimum atomic E-state index is -0.617. The zero-order valence-electron chi connectivity index (χ0n) is 9.06. The summed E-state index contributed by atoms with van der Waals surface area (Å²) in [5.41, 5.74) is 5.12. The molecule has 0 saturated carbocycles. The Morgan fingerprint density at radius 3 is 2.56 bits per heavy atom. The second-order valence-corrected chi connectivity index (χ2v) is 4.34. The number of ketones is 1. The molecule has 86 valence electrons. The number of nitrogens with one attached hydrogen (secondary N) is 1. The van der Waals surface area contributed by atoms with Gasteiger partial charge in [-0.1, -0.05) is 24.3 Å². The lowest BCUT2D eigenvalue weighted by atomic mass is 9.84. The smallest absolute Gasteiger partial charge is 0.312 e. The summed E-state index contributed by atoms with van der Waals surface area (Å²) in [6, 6.07) is -1.05. The van der Waals surface area contributed by atoms with Crippen LogP contribution in [0.5, 0.6) is 0 Å². The molecule has 0 bridgehead atoms. The first-order valence-electron chi connectivity index (χ1n) is 5.61. The first kappa shape index (κ1) is 10.9. The molecule has 2 rings (SSSR count). The van der Waals surface area contributed by atoms with Gasteiger partial charge in [0.25, 0.3) is 0 Å². The number of urea groups is 1. The number of carbonyl (C=O) groups is 2. The fraction of sp³-hybridized carbons (Fsp3) is 0.500. The van der Waals surface area contributed by atoms with Crippen molar-refractivity contribution in [1.29, 1.82) is 0 Å². The van der Waals surface area contributed by atoms with Crippen molar-refractivity contribution in [1.82, 2.24) is 5.32 Å². The molecule has 16 heavy (non-hydrogen) atoms. The van der Waals surface area contributed by atoms with Crippen molar-refractivity contribution in [3.05, 3.63) is 24.3 Å². The predicted molar refractivity (Wildman–Crippen MR) is 60.6 cm³/mol. The van der Waals surface area contributed by atoms with Gasteiger partial charge in [-0.25, -0.2) is 4.79 Å². The van der Waals surface area contributed by atoms with E-state index in [1.807, 2.05) is 12.2 Å². The lowest BCUT2D eigenvalue weighted by Gasteiger charge is -2.27. The maximum atomic E-state index is 12.0. The van der Waals surface area contributed by atoms with Gasteiger partial charge in [0.05, 0.1) is 12.0 Å². The van der Waals surface area contributed by atoms with Crippen LogP contribution in [0.15, 0.2) is 24.3 Å². The maximum absolute atomic E-state index is 12.0. The molecule has 2 aliphatic rings. The van der Waals surface area contributed by atoms with Gasteiger partial charge in [0.2, 0.25) is 0 Å². The minimum absolute atomic E-state index is 0.0686. The van der Waals surface area contributed by atoms with Crippen LogP contribution in [-0.4, -0.2) is 17.9 Å². The Hall–Kier alpha value is -1.58. The first-order chi connectivity index (χ1) is 7.68. The van der Waals surface area contributed by atoms with Crippen molar-refractivity contribution in [3.63, 3.8) is 0 Å². The molecule has 0 saturated heterocycles. The van der Waals surface area contributed by atoms with Gasteiger partial charge in [0, 0.05) is 0 Å². The summed E-state index contributed by atoms with van der Waals surface area (Å²) in [5, 5.41) is 2.59. The summed E-state index contributed by atoms with van der Waals surface area (Å²) in [7, 11) is 0. The fourth-order valence-corrected chi connectivity index (χ4v) is 2.15. The fourth-order valence-electron chi connectivity index (χ4n) is 2.15. The SMILES string of the molecule is NC(=O)N[C@H](C(=O)C1C=C1)C1CC=CCC1. The number of hydrogen-bond acceptors (Lipinski definition) is 2. The predicted octanol–water partition coefficient (Wildman–Crippen LogP) is 1.13. The van der Waals surface area contributed by atoms with Gasteiger partial charge in [-0.15, -0.1) is 0 Å². The van der Waals surface area contributed by atoms with Gasteiger partial charge in [-0.2, -0.15) is 0 Å². The summed E-state index contributed by atoms with van der Waals surface area (Å²) < 4.78 is 0. The molecule has 4 heteroatoms. The monoisotopic (exact) mass is 220 g/mol. The lowest BCUT2D eigenvalue weighted by molar-refractivity contribution is -0.122. The molecule has 2 atom stereocenters. The third-order valence-corrected chi connectivity index (χ3v) is 3.10. The van der Waals surface area contributed by atoms with Crippen LogP contribution in [0.25, 0.3) is 0 Å². The Bertz CT molecular complexity index is 354. The number of amides is 2. The van der Waals surface area contributed by atoms with Crippen molar-refractivity contribution in [2.45, 2.75) is 25.3 Å². The van der Waals surface area contributed by atoms with E-state index in [1.54, 1.807) is 0 Å². The number of hydrogen-bond donors (Lipinski definition) is 2. The zero-order chi connectivity index (χ0) is 11.5. The molecule has 0 fully saturated rings. The van der Waals surface area contributed by atoms with Crippen molar-refractivity contribution in [2.75, 3.05) is 0 Å². The van der Waals surface area contributed by atoms with Gasteiger partial charge in [0.15, 0.2) is 5.78 Å². The van der Waals surface area contributed by atoms with Gasteiger partial charge in [0.1, 0.15) is 0 Å². The Labute approximate surface area is 94.6 Å². The number of allylic oxidation sites excluding steroid dienone is 4. The largest absolute Gasteiger partial charge is 0.352 e. The van der Waals surface area contributed by atoms with Crippen molar-refractivity contribution in [2.24, 2.45) is 17.6 Å². The molecule has 2 aliphatic carbocycles. The summed E-state index contributed by atoms with van der Waals surface area (Å²) in [4.78, 5) is 22.9. The van der Waals surface area contributed by atoms with E-state index in [2.05, 4.69) is 17.5 Å². The van der Waals surface area contributed by atoms with Crippen molar-refractivity contribution < 1.29 is 9.59 Å². The minimum Gasteiger partial charge on any atom is -0.352 e. The van der Waals surface area contributed by atoms with Crippen LogP contribution in [0.1, 0.15) is 19.3 Å².